The number of aromatic nitrogens is 1. The molecule has 11 heteroatoms. The number of rotatable bonds is 10. The van der Waals surface area contributed by atoms with Crippen LogP contribution in [0.2, 0.25) is 0 Å². The second kappa shape index (κ2) is 9.76. The number of hydrogen-bond acceptors (Lipinski definition) is 5. The number of carbonyl (C=O) groups is 2. The number of halogens is 4. The standard InChI is InChI=1S/C22H26F4N4O2S/c1-30(2)14(7-13-3-4-15(20(27)32)17(23)8-13)10-29-19(31)9-16(18-11-28-12-33-18)21(5-6-21)22(24,25)26/h3-4,8,11-12,14,16H,5-7,9-10H2,1-2H3,(H2,27,32)(H,29,31)/t14-,16-/m0/s1. The Hall–Kier alpha value is -2.53. The highest BCUT2D eigenvalue weighted by molar-refractivity contribution is 7.09. The Labute approximate surface area is 193 Å². The number of thiazole rings is 1. The Bertz CT molecular complexity index is 991. The number of benzene rings is 1. The lowest BCUT2D eigenvalue weighted by molar-refractivity contribution is -0.194. The number of hydrogen-bond donors (Lipinski definition) is 2. The number of alkyl halides is 3. The van der Waals surface area contributed by atoms with Crippen LogP contribution in [0, 0.1) is 11.2 Å². The van der Waals surface area contributed by atoms with E-state index in [0.717, 1.165) is 11.3 Å². The van der Waals surface area contributed by atoms with Gasteiger partial charge in [-0.15, -0.1) is 11.3 Å². The molecule has 2 atom stereocenters. The average Bonchev–Trinajstić information content (AvgIpc) is 3.36. The van der Waals surface area contributed by atoms with Crippen molar-refractivity contribution >= 4 is 23.2 Å². The maximum atomic E-state index is 14.1. The highest BCUT2D eigenvalue weighted by Crippen LogP contribution is 2.66. The van der Waals surface area contributed by atoms with Crippen molar-refractivity contribution in [1.82, 2.24) is 15.2 Å². The fourth-order valence-electron chi connectivity index (χ4n) is 4.01. The molecule has 2 aromatic rings. The summed E-state index contributed by atoms with van der Waals surface area (Å²) in [5.74, 6) is -3.04. The average molecular weight is 487 g/mol. The number of nitrogens with zero attached hydrogens (tertiary/aromatic N) is 2. The molecule has 1 aliphatic rings. The van der Waals surface area contributed by atoms with Crippen molar-refractivity contribution in [2.75, 3.05) is 20.6 Å². The molecule has 1 aromatic carbocycles. The van der Waals surface area contributed by atoms with Gasteiger partial charge in [0.2, 0.25) is 5.91 Å². The summed E-state index contributed by atoms with van der Waals surface area (Å²) >= 11 is 1.12. The minimum Gasteiger partial charge on any atom is -0.366 e. The van der Waals surface area contributed by atoms with Crippen molar-refractivity contribution in [3.05, 3.63) is 51.7 Å². The van der Waals surface area contributed by atoms with Crippen molar-refractivity contribution < 1.29 is 27.2 Å². The molecule has 1 saturated carbocycles. The molecule has 1 aliphatic carbocycles. The van der Waals surface area contributed by atoms with Crippen LogP contribution in [0.4, 0.5) is 17.6 Å². The Morgan fingerprint density at radius 3 is 2.48 bits per heavy atom. The molecule has 6 nitrogen and oxygen atoms in total. The van der Waals surface area contributed by atoms with Crippen LogP contribution in [0.1, 0.15) is 46.0 Å². The van der Waals surface area contributed by atoms with E-state index in [-0.39, 0.29) is 37.4 Å². The Balaban J connectivity index is 1.66. The van der Waals surface area contributed by atoms with E-state index in [1.54, 1.807) is 20.2 Å². The molecular formula is C22H26F4N4O2S. The normalized spacial score (nSPS) is 16.9. The summed E-state index contributed by atoms with van der Waals surface area (Å²) in [6, 6.07) is 3.87. The molecule has 33 heavy (non-hydrogen) atoms. The molecule has 0 bridgehead atoms. The fourth-order valence-corrected chi connectivity index (χ4v) is 4.85. The van der Waals surface area contributed by atoms with Crippen LogP contribution in [0.25, 0.3) is 0 Å². The van der Waals surface area contributed by atoms with Crippen LogP contribution in [0.15, 0.2) is 29.9 Å². The molecule has 0 radical (unpaired) electrons. The number of nitrogens with one attached hydrogen (secondary N) is 1. The van der Waals surface area contributed by atoms with E-state index in [9.17, 15) is 27.2 Å². The first kappa shape index (κ1) is 25.1. The van der Waals surface area contributed by atoms with E-state index >= 15 is 0 Å². The minimum absolute atomic E-state index is 0.000465. The predicted octanol–water partition coefficient (Wildman–Crippen LogP) is 3.49. The van der Waals surface area contributed by atoms with Gasteiger partial charge in [0.05, 0.1) is 16.5 Å². The van der Waals surface area contributed by atoms with Gasteiger partial charge in [-0.25, -0.2) is 4.39 Å². The molecule has 1 heterocycles. The zero-order valence-electron chi connectivity index (χ0n) is 18.3. The van der Waals surface area contributed by atoms with Gasteiger partial charge in [-0.1, -0.05) is 6.07 Å². The second-order valence-corrected chi connectivity index (χ2v) is 9.54. The third kappa shape index (κ3) is 5.70. The van der Waals surface area contributed by atoms with Gasteiger partial charge in [-0.05, 0) is 51.1 Å². The number of primary amides is 1. The van der Waals surface area contributed by atoms with Crippen LogP contribution in [0.3, 0.4) is 0 Å². The maximum absolute atomic E-state index is 14.1. The van der Waals surface area contributed by atoms with Gasteiger partial charge in [0.25, 0.3) is 5.91 Å². The largest absolute Gasteiger partial charge is 0.395 e. The number of likely N-dealkylation sites (N-methyl/N-ethyl adjacent to an activating group) is 1. The van der Waals surface area contributed by atoms with E-state index in [1.807, 2.05) is 4.90 Å². The van der Waals surface area contributed by atoms with Crippen LogP contribution < -0.4 is 11.1 Å². The van der Waals surface area contributed by atoms with Gasteiger partial charge in [-0.3, -0.25) is 14.6 Å². The highest BCUT2D eigenvalue weighted by atomic mass is 32.1. The van der Waals surface area contributed by atoms with Crippen molar-refractivity contribution in [1.29, 1.82) is 0 Å². The summed E-state index contributed by atoms with van der Waals surface area (Å²) < 4.78 is 55.3. The van der Waals surface area contributed by atoms with Gasteiger partial charge in [0.15, 0.2) is 0 Å². The molecule has 0 spiro atoms. The molecule has 180 valence electrons. The monoisotopic (exact) mass is 486 g/mol. The van der Waals surface area contributed by atoms with E-state index < -0.39 is 35.1 Å². The summed E-state index contributed by atoms with van der Waals surface area (Å²) in [5.41, 5.74) is 5.11. The maximum Gasteiger partial charge on any atom is 0.395 e. The summed E-state index contributed by atoms with van der Waals surface area (Å²) in [7, 11) is 3.57. The van der Waals surface area contributed by atoms with Crippen LogP contribution in [0.5, 0.6) is 0 Å². The van der Waals surface area contributed by atoms with E-state index in [1.165, 1.54) is 23.8 Å². The second-order valence-electron chi connectivity index (χ2n) is 8.62. The molecule has 0 aliphatic heterocycles. The predicted molar refractivity (Wildman–Crippen MR) is 116 cm³/mol. The first-order valence-electron chi connectivity index (χ1n) is 10.4. The highest BCUT2D eigenvalue weighted by Gasteiger charge is 2.67. The van der Waals surface area contributed by atoms with Crippen LogP contribution >= 0.6 is 11.3 Å². The SMILES string of the molecule is CN(C)[C@H](CNC(=O)C[C@@H](c1cncs1)C1(C(F)(F)F)CC1)Cc1ccc(C(N)=O)c(F)c1. The Kier molecular flexibility index (Phi) is 7.42. The van der Waals surface area contributed by atoms with Gasteiger partial charge >= 0.3 is 6.18 Å². The lowest BCUT2D eigenvalue weighted by Gasteiger charge is -2.29. The van der Waals surface area contributed by atoms with Gasteiger partial charge in [0, 0.05) is 36.0 Å². The smallest absolute Gasteiger partial charge is 0.366 e. The quantitative estimate of drug-likeness (QED) is 0.504. The number of amides is 2. The van der Waals surface area contributed by atoms with Gasteiger partial charge in [-0.2, -0.15) is 13.2 Å². The van der Waals surface area contributed by atoms with Crippen molar-refractivity contribution in [2.24, 2.45) is 11.1 Å². The first-order chi connectivity index (χ1) is 15.4. The minimum atomic E-state index is -4.39. The molecule has 1 fully saturated rings. The molecule has 1 aromatic heterocycles. The molecule has 3 N–H and O–H groups in total. The lowest BCUT2D eigenvalue weighted by Crippen LogP contribution is -2.42. The van der Waals surface area contributed by atoms with Gasteiger partial charge < -0.3 is 16.0 Å². The van der Waals surface area contributed by atoms with E-state index in [0.29, 0.717) is 16.9 Å². The number of carbonyl (C=O) groups excluding carboxylic acids is 2. The fraction of sp³-hybridized carbons (Fsp3) is 0.500. The lowest BCUT2D eigenvalue weighted by atomic mass is 9.84. The van der Waals surface area contributed by atoms with E-state index in [2.05, 4.69) is 10.3 Å². The summed E-state index contributed by atoms with van der Waals surface area (Å²) in [6.07, 6.45) is -2.92. The third-order valence-corrected chi connectivity index (χ3v) is 7.13. The molecule has 2 amide bonds. The first-order valence-corrected chi connectivity index (χ1v) is 11.3. The molecular weight excluding hydrogens is 460 g/mol. The van der Waals surface area contributed by atoms with Crippen molar-refractivity contribution in [2.45, 2.75) is 43.8 Å². The molecule has 0 unspecified atom stereocenters. The Morgan fingerprint density at radius 1 is 1.30 bits per heavy atom. The summed E-state index contributed by atoms with van der Waals surface area (Å²) in [4.78, 5) is 30.1. The van der Waals surface area contributed by atoms with Gasteiger partial charge in [0.1, 0.15) is 5.82 Å². The van der Waals surface area contributed by atoms with E-state index in [4.69, 9.17) is 5.73 Å². The molecule has 3 rings (SSSR count). The van der Waals surface area contributed by atoms with Crippen LogP contribution in [-0.2, 0) is 11.2 Å². The Morgan fingerprint density at radius 2 is 2.00 bits per heavy atom. The van der Waals surface area contributed by atoms with Crippen LogP contribution in [-0.4, -0.2) is 54.6 Å². The topological polar surface area (TPSA) is 88.3 Å². The third-order valence-electron chi connectivity index (χ3n) is 6.24. The molecule has 0 saturated heterocycles. The van der Waals surface area contributed by atoms with Crippen molar-refractivity contribution in [3.63, 3.8) is 0 Å². The van der Waals surface area contributed by atoms with Crippen molar-refractivity contribution in [3.8, 4) is 0 Å². The zero-order chi connectivity index (χ0) is 24.4. The summed E-state index contributed by atoms with van der Waals surface area (Å²) in [5, 5.41) is 2.74. The zero-order valence-corrected chi connectivity index (χ0v) is 19.1. The number of nitrogens with two attached hydrogens (primary N) is 1. The summed E-state index contributed by atoms with van der Waals surface area (Å²) in [6.45, 7) is 0.166.